The zero-order valence-electron chi connectivity index (χ0n) is 26.3. The Hall–Kier alpha value is -2.56. The number of unbranched alkanes of at least 4 members (excludes halogenated alkanes) is 4. The van der Waals surface area contributed by atoms with Crippen molar-refractivity contribution in [2.45, 2.75) is 103 Å². The molecule has 44 heavy (non-hydrogen) atoms. The summed E-state index contributed by atoms with van der Waals surface area (Å²) in [6, 6.07) is -4.42. The number of carboxylic acids is 2. The summed E-state index contributed by atoms with van der Waals surface area (Å²) in [5.41, 5.74) is 11.0. The summed E-state index contributed by atoms with van der Waals surface area (Å²) in [6.45, 7) is 7.63. The molecule has 0 aromatic rings. The van der Waals surface area contributed by atoms with E-state index in [1.165, 1.54) is 0 Å². The van der Waals surface area contributed by atoms with Crippen LogP contribution in [0.25, 0.3) is 0 Å². The predicted molar refractivity (Wildman–Crippen MR) is 173 cm³/mol. The van der Waals surface area contributed by atoms with Crippen LogP contribution in [0, 0.1) is 11.8 Å². The number of amides is 4. The van der Waals surface area contributed by atoms with Gasteiger partial charge in [0.1, 0.15) is 24.2 Å². The molecule has 0 unspecified atom stereocenters. The van der Waals surface area contributed by atoms with Crippen molar-refractivity contribution in [3.63, 3.8) is 0 Å². The van der Waals surface area contributed by atoms with E-state index in [0.717, 1.165) is 47.3 Å². The molecular weight excluding hydrogens is 612 g/mol. The number of nitrogens with one attached hydrogen (secondary N) is 4. The van der Waals surface area contributed by atoms with Crippen LogP contribution in [0.3, 0.4) is 0 Å². The van der Waals surface area contributed by atoms with Crippen LogP contribution in [0.4, 0.5) is 0 Å². The third-order valence-corrected chi connectivity index (χ3v) is 8.96. The van der Waals surface area contributed by atoms with Gasteiger partial charge in [0.25, 0.3) is 0 Å². The number of carboxylic acid groups (broad SMARTS) is 2. The fraction of sp³-hybridized carbons (Fsp3) is 0.786. The van der Waals surface area contributed by atoms with Crippen LogP contribution in [-0.4, -0.2) is 94.5 Å². The Kier molecular flexibility index (Phi) is 22.4. The number of rotatable bonds is 25. The highest BCUT2D eigenvalue weighted by Crippen LogP contribution is 2.24. The van der Waals surface area contributed by atoms with E-state index in [4.69, 9.17) is 11.5 Å². The van der Waals surface area contributed by atoms with E-state index in [2.05, 4.69) is 21.3 Å². The lowest BCUT2D eigenvalue weighted by molar-refractivity contribution is -0.143. The summed E-state index contributed by atoms with van der Waals surface area (Å²) in [4.78, 5) is 74.5. The zero-order chi connectivity index (χ0) is 33.7. The standard InChI is InChI=1S/C28H52N6O8S2/c1-17(2)23(27(39)40)33-25(37)19(31-21(35)11-7-5-9-13-29)15-43-44-16-20(32-22(36)12-8-6-10-14-30)26(38)34-24(18(3)4)28(41)42/h17-20,23-24H,5-16,29-30H2,1-4H3,(H,31,35)(H,32,36)(H,33,37)(H,34,38)(H,39,40)(H,41,42)/t19-,20-,23+,24+/m0/s1. The van der Waals surface area contributed by atoms with Gasteiger partial charge in [0.05, 0.1) is 0 Å². The van der Waals surface area contributed by atoms with Crippen LogP contribution < -0.4 is 32.7 Å². The molecule has 0 heterocycles. The highest BCUT2D eigenvalue weighted by molar-refractivity contribution is 8.76. The molecule has 4 atom stereocenters. The number of carbonyl (C=O) groups is 6. The average molecular weight is 665 g/mol. The van der Waals surface area contributed by atoms with Crippen molar-refractivity contribution in [1.29, 1.82) is 0 Å². The Morgan fingerprint density at radius 1 is 0.568 bits per heavy atom. The molecule has 0 aromatic carbocycles. The second kappa shape index (κ2) is 23.8. The topological polar surface area (TPSA) is 243 Å². The molecule has 0 fully saturated rings. The summed E-state index contributed by atoms with van der Waals surface area (Å²) in [5, 5.41) is 29.3. The molecule has 0 saturated heterocycles. The van der Waals surface area contributed by atoms with E-state index in [1.807, 2.05) is 0 Å². The maximum Gasteiger partial charge on any atom is 0.326 e. The molecule has 0 aromatic heterocycles. The van der Waals surface area contributed by atoms with Gasteiger partial charge in [-0.05, 0) is 50.6 Å². The number of aliphatic carboxylic acids is 2. The second-order valence-corrected chi connectivity index (χ2v) is 13.7. The molecule has 10 N–H and O–H groups in total. The van der Waals surface area contributed by atoms with Gasteiger partial charge < -0.3 is 42.9 Å². The zero-order valence-corrected chi connectivity index (χ0v) is 27.9. The molecule has 0 aliphatic carbocycles. The summed E-state index contributed by atoms with van der Waals surface area (Å²) in [5.74, 6) is -5.15. The van der Waals surface area contributed by atoms with Crippen molar-refractivity contribution >= 4 is 57.2 Å². The van der Waals surface area contributed by atoms with Gasteiger partial charge in [-0.25, -0.2) is 9.59 Å². The van der Waals surface area contributed by atoms with Gasteiger partial charge in [0.2, 0.25) is 23.6 Å². The van der Waals surface area contributed by atoms with Gasteiger partial charge in [0.15, 0.2) is 0 Å². The van der Waals surface area contributed by atoms with E-state index in [9.17, 15) is 39.0 Å². The SMILES string of the molecule is CC(C)[C@@H](NC(=O)[C@H](CSSC[C@H](NC(=O)CCCCCN)C(=O)N[C@@H](C(=O)O)C(C)C)NC(=O)CCCCCN)C(=O)O. The largest absolute Gasteiger partial charge is 0.480 e. The molecule has 0 aliphatic rings. The minimum absolute atomic E-state index is 0.0423. The van der Waals surface area contributed by atoms with E-state index in [1.54, 1.807) is 27.7 Å². The number of hydrogen-bond donors (Lipinski definition) is 8. The fourth-order valence-electron chi connectivity index (χ4n) is 3.88. The molecule has 0 rings (SSSR count). The van der Waals surface area contributed by atoms with Crippen LogP contribution in [0.15, 0.2) is 0 Å². The van der Waals surface area contributed by atoms with Crippen molar-refractivity contribution in [3.8, 4) is 0 Å². The van der Waals surface area contributed by atoms with E-state index < -0.39 is 59.8 Å². The Morgan fingerprint density at radius 2 is 0.909 bits per heavy atom. The van der Waals surface area contributed by atoms with Gasteiger partial charge >= 0.3 is 11.9 Å². The Bertz CT molecular complexity index is 853. The third kappa shape index (κ3) is 18.3. The molecule has 0 aliphatic heterocycles. The summed E-state index contributed by atoms with van der Waals surface area (Å²) in [7, 11) is 2.30. The molecule has 14 nitrogen and oxygen atoms in total. The first-order chi connectivity index (χ1) is 20.7. The molecule has 0 radical (unpaired) electrons. The van der Waals surface area contributed by atoms with Crippen LogP contribution >= 0.6 is 21.6 Å². The van der Waals surface area contributed by atoms with Crippen molar-refractivity contribution in [1.82, 2.24) is 21.3 Å². The molecule has 0 spiro atoms. The highest BCUT2D eigenvalue weighted by atomic mass is 33.1. The maximum atomic E-state index is 13.0. The first kappa shape index (κ1) is 41.4. The van der Waals surface area contributed by atoms with E-state index in [0.29, 0.717) is 25.9 Å². The van der Waals surface area contributed by atoms with Gasteiger partial charge in [-0.3, -0.25) is 19.2 Å². The molecule has 0 saturated carbocycles. The Balaban J connectivity index is 5.52. The highest BCUT2D eigenvalue weighted by Gasteiger charge is 2.30. The van der Waals surface area contributed by atoms with Crippen LogP contribution in [-0.2, 0) is 28.8 Å². The monoisotopic (exact) mass is 664 g/mol. The second-order valence-electron chi connectivity index (χ2n) is 11.1. The summed E-state index contributed by atoms with van der Waals surface area (Å²) >= 11 is 0. The molecule has 16 heteroatoms. The van der Waals surface area contributed by atoms with Crippen LogP contribution in [0.1, 0.15) is 79.1 Å². The number of carbonyl (C=O) groups excluding carboxylic acids is 4. The first-order valence-corrected chi connectivity index (χ1v) is 17.5. The normalized spacial score (nSPS) is 13.9. The van der Waals surface area contributed by atoms with Gasteiger partial charge in [-0.15, -0.1) is 0 Å². The smallest absolute Gasteiger partial charge is 0.326 e. The third-order valence-electron chi connectivity index (χ3n) is 6.53. The number of hydrogen-bond acceptors (Lipinski definition) is 10. The molecule has 254 valence electrons. The van der Waals surface area contributed by atoms with Crippen LogP contribution in [0.5, 0.6) is 0 Å². The lowest BCUT2D eigenvalue weighted by Crippen LogP contribution is -2.54. The fourth-order valence-corrected chi connectivity index (χ4v) is 6.21. The number of nitrogens with two attached hydrogens (primary N) is 2. The van der Waals surface area contributed by atoms with Crippen LogP contribution in [0.2, 0.25) is 0 Å². The van der Waals surface area contributed by atoms with Gasteiger partial charge in [-0.2, -0.15) is 0 Å². The van der Waals surface area contributed by atoms with Crippen molar-refractivity contribution in [3.05, 3.63) is 0 Å². The lowest BCUT2D eigenvalue weighted by atomic mass is 10.0. The minimum Gasteiger partial charge on any atom is -0.480 e. The van der Waals surface area contributed by atoms with Gasteiger partial charge in [-0.1, -0.05) is 62.1 Å². The molecular formula is C28H52N6O8S2. The van der Waals surface area contributed by atoms with E-state index >= 15 is 0 Å². The van der Waals surface area contributed by atoms with Crippen molar-refractivity contribution in [2.24, 2.45) is 23.3 Å². The van der Waals surface area contributed by atoms with E-state index in [-0.39, 0.29) is 36.2 Å². The summed E-state index contributed by atoms with van der Waals surface area (Å²) < 4.78 is 0. The molecule has 4 amide bonds. The average Bonchev–Trinajstić information content (AvgIpc) is 2.94. The maximum absolute atomic E-state index is 13.0. The predicted octanol–water partition coefficient (Wildman–Crippen LogP) is 0.826. The van der Waals surface area contributed by atoms with Gasteiger partial charge in [0, 0.05) is 24.3 Å². The first-order valence-electron chi connectivity index (χ1n) is 15.0. The quantitative estimate of drug-likeness (QED) is 0.0500. The minimum atomic E-state index is -1.20. The van der Waals surface area contributed by atoms with Crippen molar-refractivity contribution in [2.75, 3.05) is 24.6 Å². The Morgan fingerprint density at radius 3 is 1.18 bits per heavy atom. The van der Waals surface area contributed by atoms with Crippen molar-refractivity contribution < 1.29 is 39.0 Å². The lowest BCUT2D eigenvalue weighted by Gasteiger charge is -2.24. The Labute approximate surface area is 268 Å². The summed E-state index contributed by atoms with van der Waals surface area (Å²) in [6.07, 6.45) is 4.55. The molecule has 0 bridgehead atoms.